The van der Waals surface area contributed by atoms with E-state index in [0.29, 0.717) is 36.2 Å². The van der Waals surface area contributed by atoms with Gasteiger partial charge in [0.2, 0.25) is 11.8 Å². The van der Waals surface area contributed by atoms with Crippen molar-refractivity contribution in [3.63, 3.8) is 0 Å². The third kappa shape index (κ3) is 7.34. The van der Waals surface area contributed by atoms with Crippen molar-refractivity contribution in [2.75, 3.05) is 13.7 Å². The van der Waals surface area contributed by atoms with E-state index in [1.54, 1.807) is 45.9 Å². The number of nitrogens with zero attached hydrogens (tertiary/aromatic N) is 3. The number of carbonyl (C=O) groups is 3. The quantitative estimate of drug-likeness (QED) is 0.308. The number of likely N-dealkylation sites (tertiary alicyclic amines) is 1. The number of fused-ring (bicyclic) bond motifs is 1. The van der Waals surface area contributed by atoms with Crippen LogP contribution in [0.25, 0.3) is 11.1 Å². The first-order valence-electron chi connectivity index (χ1n) is 14.7. The zero-order valence-corrected chi connectivity index (χ0v) is 25.4. The second-order valence-corrected chi connectivity index (χ2v) is 11.7. The Balaban J connectivity index is 1.61. The number of rotatable bonds is 11. The highest BCUT2D eigenvalue weighted by Gasteiger charge is 2.45. The molecule has 2 heterocycles. The molecule has 0 saturated carbocycles. The number of methoxy groups -OCH3 is 1. The molecule has 1 aromatic heterocycles. The minimum Gasteiger partial charge on any atom is -0.497 e. The van der Waals surface area contributed by atoms with Crippen LogP contribution in [0.5, 0.6) is 5.75 Å². The third-order valence-electron chi connectivity index (χ3n) is 7.88. The first-order chi connectivity index (χ1) is 20.5. The average molecular weight is 595 g/mol. The molecule has 3 N–H and O–H groups in total. The van der Waals surface area contributed by atoms with E-state index in [9.17, 15) is 19.5 Å². The number of oxazole rings is 1. The summed E-state index contributed by atoms with van der Waals surface area (Å²) in [6.45, 7) is 7.67. The lowest BCUT2D eigenvalue weighted by Gasteiger charge is -2.40. The summed E-state index contributed by atoms with van der Waals surface area (Å²) in [7, 11) is 1.54. The van der Waals surface area contributed by atoms with Gasteiger partial charge in [0.05, 0.1) is 25.6 Å². The van der Waals surface area contributed by atoms with Crippen molar-refractivity contribution >= 4 is 29.0 Å². The number of urea groups is 1. The molecule has 11 heteroatoms. The van der Waals surface area contributed by atoms with Crippen LogP contribution < -0.4 is 10.5 Å². The van der Waals surface area contributed by atoms with Crippen LogP contribution in [-0.2, 0) is 20.9 Å². The van der Waals surface area contributed by atoms with Gasteiger partial charge in [0.1, 0.15) is 17.9 Å². The molecule has 1 aliphatic rings. The molecule has 2 aromatic carbocycles. The maximum absolute atomic E-state index is 14.3. The molecule has 0 aliphatic carbocycles. The number of benzene rings is 2. The number of imide groups is 1. The van der Waals surface area contributed by atoms with Gasteiger partial charge in [-0.2, -0.15) is 0 Å². The molecule has 3 amide bonds. The Hall–Kier alpha value is -3.96. The average Bonchev–Trinajstić information content (AvgIpc) is 3.64. The maximum Gasteiger partial charge on any atom is 0.327 e. The van der Waals surface area contributed by atoms with E-state index < -0.39 is 48.1 Å². The number of hydrogen-bond acceptors (Lipinski definition) is 9. The van der Waals surface area contributed by atoms with Gasteiger partial charge in [0, 0.05) is 18.7 Å². The lowest BCUT2D eigenvalue weighted by Crippen LogP contribution is -2.60. The summed E-state index contributed by atoms with van der Waals surface area (Å²) in [5, 5.41) is 11.6. The topological polar surface area (TPSA) is 148 Å². The summed E-state index contributed by atoms with van der Waals surface area (Å²) in [6.07, 6.45) is -0.226. The molecular formula is C32H42N4O7. The number of hydrogen-bond donors (Lipinski definition) is 2. The fourth-order valence-corrected chi connectivity index (χ4v) is 5.37. The Bertz CT molecular complexity index is 1410. The molecule has 0 bridgehead atoms. The van der Waals surface area contributed by atoms with Gasteiger partial charge in [-0.3, -0.25) is 14.5 Å². The highest BCUT2D eigenvalue weighted by molar-refractivity contribution is 5.98. The number of ether oxygens (including phenoxy) is 2. The van der Waals surface area contributed by atoms with Crippen LogP contribution in [0.2, 0.25) is 0 Å². The number of carbonyl (C=O) groups excluding carboxylic acids is 3. The lowest BCUT2D eigenvalue weighted by molar-refractivity contribution is -0.146. The summed E-state index contributed by atoms with van der Waals surface area (Å²) >= 11 is 0. The zero-order valence-electron chi connectivity index (χ0n) is 25.4. The predicted molar refractivity (Wildman–Crippen MR) is 160 cm³/mol. The molecule has 232 valence electrons. The van der Waals surface area contributed by atoms with Gasteiger partial charge < -0.3 is 29.6 Å². The maximum atomic E-state index is 14.3. The molecule has 0 spiro atoms. The molecule has 2 unspecified atom stereocenters. The summed E-state index contributed by atoms with van der Waals surface area (Å²) in [5.41, 5.74) is 8.06. The monoisotopic (exact) mass is 594 g/mol. The van der Waals surface area contributed by atoms with Crippen LogP contribution in [-0.4, -0.2) is 69.6 Å². The van der Waals surface area contributed by atoms with E-state index >= 15 is 0 Å². The van der Waals surface area contributed by atoms with Crippen LogP contribution in [0.15, 0.2) is 52.9 Å². The van der Waals surface area contributed by atoms with Gasteiger partial charge in [-0.1, -0.05) is 58.0 Å². The predicted octanol–water partition coefficient (Wildman–Crippen LogP) is 4.42. The fourth-order valence-electron chi connectivity index (χ4n) is 5.37. The van der Waals surface area contributed by atoms with E-state index in [1.165, 1.54) is 12.0 Å². The Morgan fingerprint density at radius 2 is 1.84 bits per heavy atom. The lowest BCUT2D eigenvalue weighted by atomic mass is 9.94. The van der Waals surface area contributed by atoms with Gasteiger partial charge in [-0.25, -0.2) is 9.78 Å². The highest BCUT2D eigenvalue weighted by atomic mass is 16.5. The Kier molecular flexibility index (Phi) is 10.4. The van der Waals surface area contributed by atoms with Crippen molar-refractivity contribution < 1.29 is 33.4 Å². The van der Waals surface area contributed by atoms with Crippen molar-refractivity contribution in [2.24, 2.45) is 17.6 Å². The van der Waals surface area contributed by atoms with Crippen LogP contribution in [0.3, 0.4) is 0 Å². The van der Waals surface area contributed by atoms with Gasteiger partial charge in [-0.15, -0.1) is 0 Å². The molecule has 4 rings (SSSR count). The van der Waals surface area contributed by atoms with Gasteiger partial charge in [0.25, 0.3) is 0 Å². The molecule has 1 fully saturated rings. The fraction of sp³-hybridized carbons (Fsp3) is 0.500. The Morgan fingerprint density at radius 3 is 2.49 bits per heavy atom. The van der Waals surface area contributed by atoms with Crippen LogP contribution in [0, 0.1) is 11.8 Å². The first kappa shape index (κ1) is 32.0. The van der Waals surface area contributed by atoms with Gasteiger partial charge >= 0.3 is 12.0 Å². The third-order valence-corrected chi connectivity index (χ3v) is 7.88. The second kappa shape index (κ2) is 14.0. The van der Waals surface area contributed by atoms with Crippen molar-refractivity contribution in [1.29, 1.82) is 0 Å². The standard InChI is InChI=1S/C32H42N4O7/c1-19(2)27(33)31(39)36(28(20(3)4)29(38)30-34-24-17-23(41-5)13-14-25(24)43-30)32(40)35-15-9-12-22(35)16-26(37)42-18-21-10-7-6-8-11-21/h6-8,10-11,13-14,17,19-20,22,27-29,38H,9,12,15-16,18,33H2,1-5H3/t22?,27-,28-,29?/m0/s1. The Morgan fingerprint density at radius 1 is 1.12 bits per heavy atom. The number of amides is 3. The molecule has 4 atom stereocenters. The van der Waals surface area contributed by atoms with Crippen LogP contribution >= 0.6 is 0 Å². The van der Waals surface area contributed by atoms with E-state index in [-0.39, 0.29) is 24.8 Å². The van der Waals surface area contributed by atoms with E-state index in [0.717, 1.165) is 10.5 Å². The molecule has 3 aromatic rings. The number of aliphatic hydroxyl groups excluding tert-OH is 1. The molecular weight excluding hydrogens is 552 g/mol. The number of esters is 1. The summed E-state index contributed by atoms with van der Waals surface area (Å²) < 4.78 is 16.6. The van der Waals surface area contributed by atoms with Crippen LogP contribution in [0.1, 0.15) is 64.5 Å². The minimum atomic E-state index is -1.44. The molecule has 11 nitrogen and oxygen atoms in total. The van der Waals surface area contributed by atoms with Crippen molar-refractivity contribution in [3.8, 4) is 5.75 Å². The summed E-state index contributed by atoms with van der Waals surface area (Å²) in [6, 6.07) is 11.3. The van der Waals surface area contributed by atoms with E-state index in [4.69, 9.17) is 19.6 Å². The summed E-state index contributed by atoms with van der Waals surface area (Å²) in [4.78, 5) is 48.0. The van der Waals surface area contributed by atoms with Crippen molar-refractivity contribution in [1.82, 2.24) is 14.8 Å². The molecule has 1 saturated heterocycles. The normalized spacial score (nSPS) is 17.2. The van der Waals surface area contributed by atoms with Crippen molar-refractivity contribution in [2.45, 2.75) is 77.8 Å². The van der Waals surface area contributed by atoms with Gasteiger partial charge in [0.15, 0.2) is 11.7 Å². The number of aromatic nitrogens is 1. The zero-order chi connectivity index (χ0) is 31.3. The molecule has 0 radical (unpaired) electrons. The SMILES string of the molecule is COc1ccc2oc(C(O)[C@H](C(C)C)N(C(=O)[C@@H](N)C(C)C)C(=O)N3CCCC3CC(=O)OCc3ccccc3)nc2c1. The summed E-state index contributed by atoms with van der Waals surface area (Å²) in [5.74, 6) is -1.19. The minimum absolute atomic E-state index is 0.0152. The smallest absolute Gasteiger partial charge is 0.327 e. The number of nitrogens with two attached hydrogens (primary N) is 1. The van der Waals surface area contributed by atoms with Crippen LogP contribution in [0.4, 0.5) is 4.79 Å². The van der Waals surface area contributed by atoms with Gasteiger partial charge in [-0.05, 0) is 42.4 Å². The first-order valence-corrected chi connectivity index (χ1v) is 14.7. The van der Waals surface area contributed by atoms with E-state index in [2.05, 4.69) is 4.98 Å². The number of aliphatic hydroxyl groups is 1. The molecule has 43 heavy (non-hydrogen) atoms. The largest absolute Gasteiger partial charge is 0.497 e. The van der Waals surface area contributed by atoms with Crippen molar-refractivity contribution in [3.05, 3.63) is 60.0 Å². The second-order valence-electron chi connectivity index (χ2n) is 11.7. The highest BCUT2D eigenvalue weighted by Crippen LogP contribution is 2.33. The van der Waals surface area contributed by atoms with E-state index in [1.807, 2.05) is 30.3 Å². The molecule has 1 aliphatic heterocycles. The Labute approximate surface area is 251 Å².